The Bertz CT molecular complexity index is 1260. The summed E-state index contributed by atoms with van der Waals surface area (Å²) in [5.74, 6) is -1.44. The second-order valence-corrected chi connectivity index (χ2v) is 9.90. The van der Waals surface area contributed by atoms with Crippen molar-refractivity contribution in [3.63, 3.8) is 0 Å². The lowest BCUT2D eigenvalue weighted by atomic mass is 9.68. The SMILES string of the molecule is CC1=C(C(=O)OC(C)C)C(c2coc3ccc(C)cc3c2=O)C2=C(CC(C)(C)CC2=O)N1. The van der Waals surface area contributed by atoms with Gasteiger partial charge in [0.1, 0.15) is 5.58 Å². The van der Waals surface area contributed by atoms with Crippen molar-refractivity contribution in [2.24, 2.45) is 5.41 Å². The van der Waals surface area contributed by atoms with Gasteiger partial charge in [0.2, 0.25) is 0 Å². The predicted octanol–water partition coefficient (Wildman–Crippen LogP) is 4.66. The summed E-state index contributed by atoms with van der Waals surface area (Å²) in [7, 11) is 0. The Labute approximate surface area is 187 Å². The van der Waals surface area contributed by atoms with Gasteiger partial charge >= 0.3 is 5.97 Å². The van der Waals surface area contributed by atoms with Gasteiger partial charge in [-0.25, -0.2) is 4.79 Å². The van der Waals surface area contributed by atoms with E-state index in [0.717, 1.165) is 11.3 Å². The molecule has 2 aliphatic rings. The molecule has 1 aliphatic carbocycles. The number of hydrogen-bond donors (Lipinski definition) is 1. The summed E-state index contributed by atoms with van der Waals surface area (Å²) in [6, 6.07) is 5.40. The minimum absolute atomic E-state index is 0.0696. The van der Waals surface area contributed by atoms with Crippen molar-refractivity contribution < 1.29 is 18.7 Å². The lowest BCUT2D eigenvalue weighted by molar-refractivity contribution is -0.143. The number of hydrogen-bond acceptors (Lipinski definition) is 6. The molecule has 0 saturated heterocycles. The molecule has 1 aliphatic heterocycles. The standard InChI is InChI=1S/C26H29NO5/c1-13(2)32-25(30)21-15(4)27-18-10-26(5,6)11-19(28)23(18)22(21)17-12-31-20-8-7-14(3)9-16(20)24(17)29/h7-9,12-13,22,27H,10-11H2,1-6H3. The lowest BCUT2D eigenvalue weighted by Crippen LogP contribution is -2.40. The molecule has 4 rings (SSSR count). The maximum Gasteiger partial charge on any atom is 0.337 e. The molecule has 1 aromatic heterocycles. The molecule has 2 aromatic rings. The molecule has 32 heavy (non-hydrogen) atoms. The van der Waals surface area contributed by atoms with Crippen molar-refractivity contribution in [2.75, 3.05) is 0 Å². The van der Waals surface area contributed by atoms with Crippen molar-refractivity contribution in [3.8, 4) is 0 Å². The van der Waals surface area contributed by atoms with Gasteiger partial charge in [-0.15, -0.1) is 0 Å². The van der Waals surface area contributed by atoms with Crippen LogP contribution >= 0.6 is 0 Å². The number of allylic oxidation sites excluding steroid dienone is 3. The highest BCUT2D eigenvalue weighted by molar-refractivity contribution is 6.04. The predicted molar refractivity (Wildman–Crippen MR) is 122 cm³/mol. The van der Waals surface area contributed by atoms with Crippen molar-refractivity contribution in [1.82, 2.24) is 5.32 Å². The smallest absolute Gasteiger partial charge is 0.337 e. The molecular formula is C26H29NO5. The molecule has 6 nitrogen and oxygen atoms in total. The third-order valence-corrected chi connectivity index (χ3v) is 6.07. The molecule has 0 radical (unpaired) electrons. The van der Waals surface area contributed by atoms with E-state index in [1.807, 2.05) is 26.8 Å². The van der Waals surface area contributed by atoms with Gasteiger partial charge in [0.15, 0.2) is 11.2 Å². The quantitative estimate of drug-likeness (QED) is 0.706. The minimum Gasteiger partial charge on any atom is -0.464 e. The molecule has 0 saturated carbocycles. The van der Waals surface area contributed by atoms with Gasteiger partial charge < -0.3 is 14.5 Å². The first-order chi connectivity index (χ1) is 15.0. The van der Waals surface area contributed by atoms with E-state index in [1.165, 1.54) is 6.26 Å². The Hall–Kier alpha value is -3.15. The maximum absolute atomic E-state index is 13.6. The molecule has 1 atom stereocenters. The highest BCUT2D eigenvalue weighted by atomic mass is 16.5. The van der Waals surface area contributed by atoms with Gasteiger partial charge in [-0.1, -0.05) is 25.5 Å². The summed E-state index contributed by atoms with van der Waals surface area (Å²) in [4.78, 5) is 40.1. The van der Waals surface area contributed by atoms with E-state index in [4.69, 9.17) is 9.15 Å². The number of esters is 1. The molecule has 1 aromatic carbocycles. The number of Topliss-reactive ketones (excluding diaryl/α,β-unsaturated/α-hetero) is 1. The lowest BCUT2D eigenvalue weighted by Gasteiger charge is -2.39. The molecule has 1 unspecified atom stereocenters. The monoisotopic (exact) mass is 435 g/mol. The number of benzene rings is 1. The second-order valence-electron chi connectivity index (χ2n) is 9.90. The fraction of sp³-hybridized carbons (Fsp3) is 0.423. The molecule has 168 valence electrons. The van der Waals surface area contributed by atoms with Crippen molar-refractivity contribution >= 4 is 22.7 Å². The number of aryl methyl sites for hydroxylation is 1. The third kappa shape index (κ3) is 3.78. The largest absolute Gasteiger partial charge is 0.464 e. The van der Waals surface area contributed by atoms with Gasteiger partial charge in [0.25, 0.3) is 0 Å². The molecule has 6 heteroatoms. The average Bonchev–Trinajstić information content (AvgIpc) is 2.66. The van der Waals surface area contributed by atoms with Gasteiger partial charge in [0, 0.05) is 29.0 Å². The van der Waals surface area contributed by atoms with Crippen molar-refractivity contribution in [1.29, 1.82) is 0 Å². The van der Waals surface area contributed by atoms with Crippen LogP contribution in [0.3, 0.4) is 0 Å². The molecule has 0 spiro atoms. The second kappa shape index (κ2) is 7.76. The van der Waals surface area contributed by atoms with Crippen LogP contribution in [0.5, 0.6) is 0 Å². The first kappa shape index (κ1) is 22.1. The Balaban J connectivity index is 1.98. The van der Waals surface area contributed by atoms with Crippen LogP contribution in [0.2, 0.25) is 0 Å². The number of nitrogens with one attached hydrogen (secondary N) is 1. The van der Waals surface area contributed by atoms with E-state index in [2.05, 4.69) is 5.32 Å². The number of fused-ring (bicyclic) bond motifs is 1. The zero-order valence-corrected chi connectivity index (χ0v) is 19.4. The van der Waals surface area contributed by atoms with Gasteiger partial charge in [-0.3, -0.25) is 9.59 Å². The van der Waals surface area contributed by atoms with Crippen LogP contribution in [0, 0.1) is 12.3 Å². The Morgan fingerprint density at radius 1 is 1.19 bits per heavy atom. The van der Waals surface area contributed by atoms with Gasteiger partial charge in [-0.05, 0) is 51.7 Å². The van der Waals surface area contributed by atoms with E-state index in [9.17, 15) is 14.4 Å². The summed E-state index contributed by atoms with van der Waals surface area (Å²) in [6.07, 6.45) is 2.04. The summed E-state index contributed by atoms with van der Waals surface area (Å²) < 4.78 is 11.3. The minimum atomic E-state index is -0.831. The van der Waals surface area contributed by atoms with Crippen LogP contribution in [-0.2, 0) is 14.3 Å². The maximum atomic E-state index is 13.6. The van der Waals surface area contributed by atoms with Gasteiger partial charge in [0.05, 0.1) is 29.2 Å². The van der Waals surface area contributed by atoms with E-state index < -0.39 is 11.9 Å². The highest BCUT2D eigenvalue weighted by Crippen LogP contribution is 2.46. The van der Waals surface area contributed by atoms with Crippen LogP contribution in [0.1, 0.15) is 64.5 Å². The van der Waals surface area contributed by atoms with Gasteiger partial charge in [-0.2, -0.15) is 0 Å². The summed E-state index contributed by atoms with van der Waals surface area (Å²) in [5.41, 5.74) is 3.31. The molecule has 2 heterocycles. The Morgan fingerprint density at radius 3 is 2.59 bits per heavy atom. The first-order valence-electron chi connectivity index (χ1n) is 11.0. The molecular weight excluding hydrogens is 406 g/mol. The van der Waals surface area contributed by atoms with Crippen LogP contribution in [0.4, 0.5) is 0 Å². The fourth-order valence-electron chi connectivity index (χ4n) is 4.75. The number of carbonyl (C=O) groups excluding carboxylic acids is 2. The number of ketones is 1. The van der Waals surface area contributed by atoms with Crippen LogP contribution in [0.15, 0.2) is 56.2 Å². The highest BCUT2D eigenvalue weighted by Gasteiger charge is 2.44. The number of ether oxygens (including phenoxy) is 1. The normalized spacial score (nSPS) is 20.5. The first-order valence-corrected chi connectivity index (χ1v) is 11.0. The number of dihydropyridines is 1. The number of rotatable bonds is 3. The van der Waals surface area contributed by atoms with Crippen LogP contribution in [-0.4, -0.2) is 17.9 Å². The molecule has 0 fully saturated rings. The zero-order chi connectivity index (χ0) is 23.4. The Kier molecular flexibility index (Phi) is 5.35. The van der Waals surface area contributed by atoms with Crippen molar-refractivity contribution in [2.45, 2.75) is 66.4 Å². The van der Waals surface area contributed by atoms with Crippen molar-refractivity contribution in [3.05, 3.63) is 68.4 Å². The average molecular weight is 436 g/mol. The zero-order valence-electron chi connectivity index (χ0n) is 19.4. The van der Waals surface area contributed by atoms with Crippen LogP contribution < -0.4 is 10.7 Å². The topological polar surface area (TPSA) is 85.6 Å². The van der Waals surface area contributed by atoms with E-state index in [1.54, 1.807) is 32.9 Å². The molecule has 0 bridgehead atoms. The van der Waals surface area contributed by atoms with Crippen LogP contribution in [0.25, 0.3) is 11.0 Å². The number of carbonyl (C=O) groups is 2. The summed E-state index contributed by atoms with van der Waals surface area (Å²) in [6.45, 7) is 11.3. The fourth-order valence-corrected chi connectivity index (χ4v) is 4.75. The van der Waals surface area contributed by atoms with E-state index in [-0.39, 0.29) is 33.9 Å². The summed E-state index contributed by atoms with van der Waals surface area (Å²) >= 11 is 0. The third-order valence-electron chi connectivity index (χ3n) is 6.07. The summed E-state index contributed by atoms with van der Waals surface area (Å²) in [5, 5.41) is 3.71. The Morgan fingerprint density at radius 2 is 1.91 bits per heavy atom. The molecule has 0 amide bonds. The van der Waals surface area contributed by atoms with E-state index >= 15 is 0 Å². The van der Waals surface area contributed by atoms with E-state index in [0.29, 0.717) is 35.1 Å². The molecule has 1 N–H and O–H groups in total.